The van der Waals surface area contributed by atoms with E-state index in [0.29, 0.717) is 12.8 Å². The van der Waals surface area contributed by atoms with Gasteiger partial charge in [-0.05, 0) is 24.1 Å². The summed E-state index contributed by atoms with van der Waals surface area (Å²) >= 11 is 5.62. The van der Waals surface area contributed by atoms with Crippen LogP contribution in [0.2, 0.25) is 5.02 Å². The first-order valence-corrected chi connectivity index (χ1v) is 5.47. The molecule has 0 N–H and O–H groups in total. The van der Waals surface area contributed by atoms with Crippen molar-refractivity contribution in [1.29, 1.82) is 0 Å². The molecule has 1 aromatic carbocycles. The van der Waals surface area contributed by atoms with Crippen molar-refractivity contribution in [3.63, 3.8) is 0 Å². The van der Waals surface area contributed by atoms with Crippen LogP contribution in [0.5, 0.6) is 0 Å². The zero-order valence-electron chi connectivity index (χ0n) is 8.72. The van der Waals surface area contributed by atoms with E-state index in [0.717, 1.165) is 18.4 Å². The van der Waals surface area contributed by atoms with Gasteiger partial charge in [-0.15, -0.1) is 0 Å². The first kappa shape index (κ1) is 12.2. The lowest BCUT2D eigenvalue weighted by molar-refractivity contribution is -0.118. The Morgan fingerprint density at radius 1 is 1.47 bits per heavy atom. The van der Waals surface area contributed by atoms with Crippen molar-refractivity contribution in [2.75, 3.05) is 0 Å². The molecule has 0 atom stereocenters. The third-order valence-electron chi connectivity index (χ3n) is 2.19. The Balaban J connectivity index is 2.57. The minimum absolute atomic E-state index is 0.0794. The molecule has 0 bridgehead atoms. The molecule has 0 aliphatic heterocycles. The van der Waals surface area contributed by atoms with Crippen molar-refractivity contribution < 1.29 is 9.18 Å². The molecule has 1 aromatic rings. The second kappa shape index (κ2) is 5.86. The topological polar surface area (TPSA) is 17.1 Å². The predicted octanol–water partition coefficient (Wildman–Crippen LogP) is 3.78. The molecular formula is C12H14ClFO. The third kappa shape index (κ3) is 4.00. The Hall–Kier alpha value is -0.890. The molecule has 0 saturated heterocycles. The zero-order valence-corrected chi connectivity index (χ0v) is 9.48. The lowest BCUT2D eigenvalue weighted by Gasteiger charge is -2.01. The second-order valence-corrected chi connectivity index (χ2v) is 3.97. The minimum Gasteiger partial charge on any atom is -0.299 e. The van der Waals surface area contributed by atoms with Gasteiger partial charge in [0, 0.05) is 12.8 Å². The summed E-state index contributed by atoms with van der Waals surface area (Å²) in [5, 5.41) is 0.0794. The molecule has 1 nitrogen and oxygen atoms in total. The van der Waals surface area contributed by atoms with Gasteiger partial charge in [-0.2, -0.15) is 0 Å². The van der Waals surface area contributed by atoms with Crippen LogP contribution in [0.15, 0.2) is 18.2 Å². The van der Waals surface area contributed by atoms with Gasteiger partial charge in [0.25, 0.3) is 0 Å². The Kier molecular flexibility index (Phi) is 4.76. The van der Waals surface area contributed by atoms with Crippen molar-refractivity contribution in [3.05, 3.63) is 34.6 Å². The predicted molar refractivity (Wildman–Crippen MR) is 59.6 cm³/mol. The average molecular weight is 229 g/mol. The van der Waals surface area contributed by atoms with Gasteiger partial charge >= 0.3 is 0 Å². The van der Waals surface area contributed by atoms with Gasteiger partial charge in [-0.3, -0.25) is 4.79 Å². The molecule has 0 amide bonds. The molecule has 3 heteroatoms. The summed E-state index contributed by atoms with van der Waals surface area (Å²) in [6.07, 6.45) is 2.86. The molecule has 0 heterocycles. The van der Waals surface area contributed by atoms with Crippen LogP contribution in [0.1, 0.15) is 31.7 Å². The quantitative estimate of drug-likeness (QED) is 0.750. The highest BCUT2D eigenvalue weighted by atomic mass is 35.5. The molecule has 1 rings (SSSR count). The third-order valence-corrected chi connectivity index (χ3v) is 2.48. The molecule has 0 spiro atoms. The molecular weight excluding hydrogens is 215 g/mol. The van der Waals surface area contributed by atoms with E-state index in [1.54, 1.807) is 6.07 Å². The van der Waals surface area contributed by atoms with Crippen LogP contribution in [0.4, 0.5) is 4.39 Å². The summed E-state index contributed by atoms with van der Waals surface area (Å²) < 4.78 is 12.8. The SMILES string of the molecule is CCCCC(=O)Cc1ccc(F)c(Cl)c1. The van der Waals surface area contributed by atoms with Crippen LogP contribution in [0, 0.1) is 5.82 Å². The Bertz CT molecular complexity index is 349. The van der Waals surface area contributed by atoms with E-state index in [2.05, 4.69) is 0 Å². The number of benzene rings is 1. The van der Waals surface area contributed by atoms with E-state index in [4.69, 9.17) is 11.6 Å². The summed E-state index contributed by atoms with van der Waals surface area (Å²) in [6.45, 7) is 2.04. The smallest absolute Gasteiger partial charge is 0.141 e. The van der Waals surface area contributed by atoms with Gasteiger partial charge < -0.3 is 0 Å². The Morgan fingerprint density at radius 2 is 2.20 bits per heavy atom. The number of carbonyl (C=O) groups excluding carboxylic acids is 1. The highest BCUT2D eigenvalue weighted by molar-refractivity contribution is 6.30. The molecule has 15 heavy (non-hydrogen) atoms. The molecule has 0 unspecified atom stereocenters. The maximum absolute atomic E-state index is 12.8. The van der Waals surface area contributed by atoms with Crippen molar-refractivity contribution >= 4 is 17.4 Å². The van der Waals surface area contributed by atoms with Crippen LogP contribution in [-0.2, 0) is 11.2 Å². The molecule has 82 valence electrons. The number of hydrogen-bond acceptors (Lipinski definition) is 1. The van der Waals surface area contributed by atoms with Gasteiger partial charge in [-0.25, -0.2) is 4.39 Å². The second-order valence-electron chi connectivity index (χ2n) is 3.57. The summed E-state index contributed by atoms with van der Waals surface area (Å²) in [5.74, 6) is -0.263. The van der Waals surface area contributed by atoms with Crippen LogP contribution < -0.4 is 0 Å². The summed E-state index contributed by atoms with van der Waals surface area (Å²) in [5.41, 5.74) is 0.780. The average Bonchev–Trinajstić information content (AvgIpc) is 2.20. The fourth-order valence-corrected chi connectivity index (χ4v) is 1.54. The monoisotopic (exact) mass is 228 g/mol. The number of Topliss-reactive ketones (excluding diaryl/α,β-unsaturated/α-hetero) is 1. The molecule has 0 aliphatic rings. The summed E-state index contributed by atoms with van der Waals surface area (Å²) in [6, 6.07) is 4.41. The number of ketones is 1. The molecule has 0 aromatic heterocycles. The Morgan fingerprint density at radius 3 is 2.80 bits per heavy atom. The number of carbonyl (C=O) groups is 1. The zero-order chi connectivity index (χ0) is 11.3. The van der Waals surface area contributed by atoms with E-state index in [9.17, 15) is 9.18 Å². The van der Waals surface area contributed by atoms with Crippen molar-refractivity contribution in [2.24, 2.45) is 0 Å². The summed E-state index contributed by atoms with van der Waals surface area (Å²) in [7, 11) is 0. The molecule has 0 saturated carbocycles. The number of rotatable bonds is 5. The largest absolute Gasteiger partial charge is 0.299 e. The van der Waals surface area contributed by atoms with Gasteiger partial charge in [-0.1, -0.05) is 31.0 Å². The number of unbranched alkanes of at least 4 members (excludes halogenated alkanes) is 1. The van der Waals surface area contributed by atoms with E-state index >= 15 is 0 Å². The standard InChI is InChI=1S/C12H14ClFO/c1-2-3-4-10(15)7-9-5-6-12(14)11(13)8-9/h5-6,8H,2-4,7H2,1H3. The van der Waals surface area contributed by atoms with E-state index < -0.39 is 5.82 Å². The molecule has 0 fully saturated rings. The summed E-state index contributed by atoms with van der Waals surface area (Å²) in [4.78, 5) is 11.4. The molecule has 0 aliphatic carbocycles. The lowest BCUT2D eigenvalue weighted by atomic mass is 10.1. The maximum atomic E-state index is 12.8. The van der Waals surface area contributed by atoms with Gasteiger partial charge in [0.1, 0.15) is 11.6 Å². The first-order valence-electron chi connectivity index (χ1n) is 5.09. The van der Waals surface area contributed by atoms with E-state index in [-0.39, 0.29) is 10.8 Å². The number of hydrogen-bond donors (Lipinski definition) is 0. The van der Waals surface area contributed by atoms with Gasteiger partial charge in [0.15, 0.2) is 0 Å². The van der Waals surface area contributed by atoms with Crippen LogP contribution in [-0.4, -0.2) is 5.78 Å². The lowest BCUT2D eigenvalue weighted by Crippen LogP contribution is -2.02. The van der Waals surface area contributed by atoms with Crippen LogP contribution in [0.25, 0.3) is 0 Å². The fraction of sp³-hybridized carbons (Fsp3) is 0.417. The fourth-order valence-electron chi connectivity index (χ4n) is 1.34. The normalized spacial score (nSPS) is 10.3. The van der Waals surface area contributed by atoms with Crippen LogP contribution in [0.3, 0.4) is 0 Å². The highest BCUT2D eigenvalue weighted by Crippen LogP contribution is 2.16. The van der Waals surface area contributed by atoms with Crippen LogP contribution >= 0.6 is 11.6 Å². The number of halogens is 2. The van der Waals surface area contributed by atoms with E-state index in [1.807, 2.05) is 6.92 Å². The van der Waals surface area contributed by atoms with Crippen molar-refractivity contribution in [1.82, 2.24) is 0 Å². The van der Waals surface area contributed by atoms with E-state index in [1.165, 1.54) is 12.1 Å². The van der Waals surface area contributed by atoms with Gasteiger partial charge in [0.2, 0.25) is 0 Å². The maximum Gasteiger partial charge on any atom is 0.141 e. The highest BCUT2D eigenvalue weighted by Gasteiger charge is 2.05. The Labute approximate surface area is 94.3 Å². The van der Waals surface area contributed by atoms with Crippen molar-refractivity contribution in [3.8, 4) is 0 Å². The van der Waals surface area contributed by atoms with Crippen molar-refractivity contribution in [2.45, 2.75) is 32.6 Å². The minimum atomic E-state index is -0.443. The first-order chi connectivity index (χ1) is 7.13. The van der Waals surface area contributed by atoms with Gasteiger partial charge in [0.05, 0.1) is 5.02 Å². The molecule has 0 radical (unpaired) electrons.